The lowest BCUT2D eigenvalue weighted by atomic mass is 9.93. The fraction of sp³-hybridized carbons (Fsp3) is 0.333. The van der Waals surface area contributed by atoms with Crippen molar-refractivity contribution in [3.63, 3.8) is 0 Å². The Morgan fingerprint density at radius 2 is 1.62 bits per heavy atom. The summed E-state index contributed by atoms with van der Waals surface area (Å²) in [6.45, 7) is 1.48. The molecule has 2 nitrogen and oxygen atoms in total. The summed E-state index contributed by atoms with van der Waals surface area (Å²) in [5, 5.41) is 0.826. The van der Waals surface area contributed by atoms with Crippen LogP contribution in [0.4, 0.5) is 0 Å². The summed E-state index contributed by atoms with van der Waals surface area (Å²) in [4.78, 5) is 2.37. The molecule has 1 aliphatic carbocycles. The molecule has 0 aromatic heterocycles. The molecule has 21 heavy (non-hydrogen) atoms. The third-order valence-electron chi connectivity index (χ3n) is 4.71. The van der Waals surface area contributed by atoms with E-state index in [9.17, 15) is 0 Å². The SMILES string of the molecule is CN(Cc1ccccc1Cl)C1(CN)Cc2ccccc2C1. The van der Waals surface area contributed by atoms with Crippen molar-refractivity contribution < 1.29 is 0 Å². The highest BCUT2D eigenvalue weighted by atomic mass is 35.5. The maximum atomic E-state index is 6.29. The van der Waals surface area contributed by atoms with Crippen LogP contribution >= 0.6 is 11.6 Å². The van der Waals surface area contributed by atoms with Gasteiger partial charge >= 0.3 is 0 Å². The van der Waals surface area contributed by atoms with Crippen molar-refractivity contribution >= 4 is 11.6 Å². The third-order valence-corrected chi connectivity index (χ3v) is 5.08. The van der Waals surface area contributed by atoms with E-state index in [1.54, 1.807) is 0 Å². The Morgan fingerprint density at radius 1 is 1.05 bits per heavy atom. The molecular formula is C18H21ClN2. The van der Waals surface area contributed by atoms with Gasteiger partial charge in [0.1, 0.15) is 0 Å². The van der Waals surface area contributed by atoms with Gasteiger partial charge in [0.15, 0.2) is 0 Å². The van der Waals surface area contributed by atoms with Crippen molar-refractivity contribution in [1.29, 1.82) is 0 Å². The van der Waals surface area contributed by atoms with Crippen LogP contribution < -0.4 is 5.73 Å². The van der Waals surface area contributed by atoms with Gasteiger partial charge < -0.3 is 5.73 Å². The van der Waals surface area contributed by atoms with E-state index in [0.29, 0.717) is 6.54 Å². The zero-order chi connectivity index (χ0) is 14.9. The third kappa shape index (κ3) is 2.71. The summed E-state index contributed by atoms with van der Waals surface area (Å²) < 4.78 is 0. The number of rotatable bonds is 4. The fourth-order valence-corrected chi connectivity index (χ4v) is 3.49. The molecule has 2 aromatic carbocycles. The Labute approximate surface area is 131 Å². The van der Waals surface area contributed by atoms with Gasteiger partial charge in [0.2, 0.25) is 0 Å². The Morgan fingerprint density at radius 3 is 2.19 bits per heavy atom. The summed E-state index contributed by atoms with van der Waals surface area (Å²) in [6, 6.07) is 16.7. The lowest BCUT2D eigenvalue weighted by Crippen LogP contribution is -2.52. The smallest absolute Gasteiger partial charge is 0.0451 e. The first-order valence-corrected chi connectivity index (χ1v) is 7.74. The molecule has 0 heterocycles. The minimum atomic E-state index is 0.00283. The second kappa shape index (κ2) is 5.80. The molecule has 110 valence electrons. The fourth-order valence-electron chi connectivity index (χ4n) is 3.29. The molecule has 1 aliphatic rings. The summed E-state index contributed by atoms with van der Waals surface area (Å²) >= 11 is 6.29. The number of fused-ring (bicyclic) bond motifs is 1. The molecule has 3 rings (SSSR count). The van der Waals surface area contributed by atoms with Crippen molar-refractivity contribution in [2.24, 2.45) is 5.73 Å². The number of hydrogen-bond acceptors (Lipinski definition) is 2. The highest BCUT2D eigenvalue weighted by Crippen LogP contribution is 2.34. The number of halogens is 1. The van der Waals surface area contributed by atoms with E-state index in [1.807, 2.05) is 18.2 Å². The van der Waals surface area contributed by atoms with Crippen LogP contribution in [0.3, 0.4) is 0 Å². The quantitative estimate of drug-likeness (QED) is 0.939. The lowest BCUT2D eigenvalue weighted by molar-refractivity contribution is 0.127. The maximum Gasteiger partial charge on any atom is 0.0451 e. The van der Waals surface area contributed by atoms with Crippen molar-refractivity contribution in [3.05, 3.63) is 70.2 Å². The van der Waals surface area contributed by atoms with E-state index in [2.05, 4.69) is 42.3 Å². The Kier molecular flexibility index (Phi) is 4.03. The average molecular weight is 301 g/mol. The van der Waals surface area contributed by atoms with Crippen LogP contribution in [0.15, 0.2) is 48.5 Å². The molecule has 0 saturated heterocycles. The van der Waals surface area contributed by atoms with E-state index < -0.39 is 0 Å². The first-order valence-electron chi connectivity index (χ1n) is 7.36. The maximum absolute atomic E-state index is 6.29. The molecule has 2 aromatic rings. The summed E-state index contributed by atoms with van der Waals surface area (Å²) in [5.74, 6) is 0. The second-order valence-corrected chi connectivity index (χ2v) is 6.41. The lowest BCUT2D eigenvalue weighted by Gasteiger charge is -2.38. The summed E-state index contributed by atoms with van der Waals surface area (Å²) in [5.41, 5.74) is 10.2. The van der Waals surface area contributed by atoms with Crippen LogP contribution in [0.5, 0.6) is 0 Å². The first kappa shape index (κ1) is 14.6. The molecule has 0 bridgehead atoms. The van der Waals surface area contributed by atoms with Gasteiger partial charge in [-0.2, -0.15) is 0 Å². The Hall–Kier alpha value is -1.35. The van der Waals surface area contributed by atoms with Gasteiger partial charge in [-0.1, -0.05) is 54.1 Å². The van der Waals surface area contributed by atoms with Crippen LogP contribution in [0.2, 0.25) is 5.02 Å². The van der Waals surface area contributed by atoms with Crippen molar-refractivity contribution in [1.82, 2.24) is 4.90 Å². The normalized spacial score (nSPS) is 16.2. The van der Waals surface area contributed by atoms with E-state index in [-0.39, 0.29) is 5.54 Å². The summed E-state index contributed by atoms with van der Waals surface area (Å²) in [7, 11) is 2.15. The number of nitrogens with two attached hydrogens (primary N) is 1. The van der Waals surface area contributed by atoms with Gasteiger partial charge in [-0.15, -0.1) is 0 Å². The van der Waals surface area contributed by atoms with Crippen LogP contribution in [0, 0.1) is 0 Å². The first-order chi connectivity index (χ1) is 10.1. The predicted molar refractivity (Wildman–Crippen MR) is 88.6 cm³/mol. The molecule has 0 amide bonds. The van der Waals surface area contributed by atoms with Crippen molar-refractivity contribution in [2.75, 3.05) is 13.6 Å². The van der Waals surface area contributed by atoms with Gasteiger partial charge in [0, 0.05) is 23.7 Å². The average Bonchev–Trinajstić information content (AvgIpc) is 2.89. The molecule has 0 unspecified atom stereocenters. The second-order valence-electron chi connectivity index (χ2n) is 6.00. The number of benzene rings is 2. The standard InChI is InChI=1S/C18H21ClN2/c1-21(12-16-8-4-5-9-17(16)19)18(13-20)10-14-6-2-3-7-15(14)11-18/h2-9H,10-13,20H2,1H3. The van der Waals surface area contributed by atoms with Gasteiger partial charge in [-0.05, 0) is 42.6 Å². The minimum Gasteiger partial charge on any atom is -0.329 e. The molecule has 0 saturated carbocycles. The molecule has 0 atom stereocenters. The van der Waals surface area contributed by atoms with E-state index in [0.717, 1.165) is 30.0 Å². The highest BCUT2D eigenvalue weighted by molar-refractivity contribution is 6.31. The van der Waals surface area contributed by atoms with Crippen molar-refractivity contribution in [2.45, 2.75) is 24.9 Å². The minimum absolute atomic E-state index is 0.00283. The van der Waals surface area contributed by atoms with Crippen molar-refractivity contribution in [3.8, 4) is 0 Å². The van der Waals surface area contributed by atoms with Gasteiger partial charge in [0.25, 0.3) is 0 Å². The molecule has 0 fully saturated rings. The Bertz CT molecular complexity index is 614. The predicted octanol–water partition coefficient (Wildman–Crippen LogP) is 3.27. The molecule has 3 heteroatoms. The molecular weight excluding hydrogens is 280 g/mol. The van der Waals surface area contributed by atoms with Gasteiger partial charge in [0.05, 0.1) is 0 Å². The zero-order valence-electron chi connectivity index (χ0n) is 12.3. The van der Waals surface area contributed by atoms with Crippen LogP contribution in [-0.2, 0) is 19.4 Å². The zero-order valence-corrected chi connectivity index (χ0v) is 13.1. The number of hydrogen-bond donors (Lipinski definition) is 1. The molecule has 0 aliphatic heterocycles. The molecule has 0 radical (unpaired) electrons. The summed E-state index contributed by atoms with van der Waals surface area (Å²) in [6.07, 6.45) is 2.03. The van der Waals surface area contributed by atoms with Crippen LogP contribution in [0.25, 0.3) is 0 Å². The van der Waals surface area contributed by atoms with Gasteiger partial charge in [-0.3, -0.25) is 4.90 Å². The van der Waals surface area contributed by atoms with E-state index in [4.69, 9.17) is 17.3 Å². The van der Waals surface area contributed by atoms with E-state index >= 15 is 0 Å². The van der Waals surface area contributed by atoms with Gasteiger partial charge in [-0.25, -0.2) is 0 Å². The number of nitrogens with zero attached hydrogens (tertiary/aromatic N) is 1. The van der Waals surface area contributed by atoms with Crippen LogP contribution in [-0.4, -0.2) is 24.0 Å². The topological polar surface area (TPSA) is 29.3 Å². The Balaban J connectivity index is 1.83. The monoisotopic (exact) mass is 300 g/mol. The highest BCUT2D eigenvalue weighted by Gasteiger charge is 2.39. The molecule has 0 spiro atoms. The van der Waals surface area contributed by atoms with Crippen LogP contribution in [0.1, 0.15) is 16.7 Å². The number of likely N-dealkylation sites (N-methyl/N-ethyl adjacent to an activating group) is 1. The molecule has 2 N–H and O–H groups in total. The largest absolute Gasteiger partial charge is 0.329 e. The van der Waals surface area contributed by atoms with E-state index in [1.165, 1.54) is 11.1 Å².